The van der Waals surface area contributed by atoms with E-state index in [2.05, 4.69) is 0 Å². The summed E-state index contributed by atoms with van der Waals surface area (Å²) in [4.78, 5) is 11.8. The molecule has 0 spiro atoms. The van der Waals surface area contributed by atoms with Gasteiger partial charge in [-0.05, 0) is 85.8 Å². The lowest BCUT2D eigenvalue weighted by molar-refractivity contribution is 0.101. The van der Waals surface area contributed by atoms with Crippen LogP contribution >= 0.6 is 0 Å². The first kappa shape index (κ1) is 45.2. The average molecular weight is 929 g/mol. The first-order chi connectivity index (χ1) is 28.9. The van der Waals surface area contributed by atoms with Crippen molar-refractivity contribution < 1.29 is 83.9 Å². The van der Waals surface area contributed by atoms with Gasteiger partial charge in [-0.15, -0.1) is 0 Å². The summed E-state index contributed by atoms with van der Waals surface area (Å²) < 4.78 is 219. The average Bonchev–Trinajstić information content (AvgIpc) is 3.20. The van der Waals surface area contributed by atoms with Gasteiger partial charge in [-0.3, -0.25) is 9.35 Å². The van der Waals surface area contributed by atoms with Crippen LogP contribution < -0.4 is 14.2 Å². The Hall–Kier alpha value is -6.36. The van der Waals surface area contributed by atoms with E-state index in [9.17, 15) is 43.4 Å². The lowest BCUT2D eigenvalue weighted by atomic mass is 9.99. The summed E-state index contributed by atoms with van der Waals surface area (Å²) in [5.41, 5.74) is -4.13. The van der Waals surface area contributed by atoms with Crippen molar-refractivity contribution in [2.24, 2.45) is 0 Å². The molecule has 0 radical (unpaired) electrons. The van der Waals surface area contributed by atoms with E-state index < -0.39 is 121 Å². The van der Waals surface area contributed by atoms with E-state index in [0.29, 0.717) is 5.56 Å². The summed E-state index contributed by atoms with van der Waals surface area (Å²) in [7, 11) is -12.9. The van der Waals surface area contributed by atoms with Gasteiger partial charge in [0.2, 0.25) is 50.4 Å². The highest BCUT2D eigenvalue weighted by Gasteiger charge is 2.37. The van der Waals surface area contributed by atoms with Gasteiger partial charge in [0.1, 0.15) is 39.9 Å². The number of benzene rings is 6. The van der Waals surface area contributed by atoms with Crippen molar-refractivity contribution in [3.63, 3.8) is 0 Å². The van der Waals surface area contributed by atoms with Gasteiger partial charge in [0.15, 0.2) is 33.1 Å². The maximum Gasteiger partial charge on any atom is 0.269 e. The first-order valence-electron chi connectivity index (χ1n) is 17.0. The summed E-state index contributed by atoms with van der Waals surface area (Å²) in [5.74, 6) is -28.0. The normalized spacial score (nSPS) is 12.0. The molecule has 6 aromatic rings. The Bertz CT molecular complexity index is 3070. The Morgan fingerprint density at radius 3 is 1.24 bits per heavy atom. The van der Waals surface area contributed by atoms with Crippen LogP contribution in [0.15, 0.2) is 106 Å². The molecule has 0 aromatic heterocycles. The number of aryl methyl sites for hydroxylation is 1. The molecule has 0 saturated carbocycles. The van der Waals surface area contributed by atoms with Crippen molar-refractivity contribution in [2.75, 3.05) is 6.26 Å². The third kappa shape index (κ3) is 9.12. The molecule has 22 heteroatoms. The predicted octanol–water partition coefficient (Wildman–Crippen LogP) is 9.34. The third-order valence-corrected chi connectivity index (χ3v) is 12.2. The molecular weight excluding hydrogens is 905 g/mol. The van der Waals surface area contributed by atoms with E-state index >= 15 is 26.3 Å². The molecule has 11 nitrogen and oxygen atoms in total. The topological polar surface area (TPSA) is 167 Å². The van der Waals surface area contributed by atoms with Gasteiger partial charge in [0.05, 0.1) is 14.7 Å². The largest absolute Gasteiger partial charge is 0.457 e. The zero-order valence-electron chi connectivity index (χ0n) is 31.1. The highest BCUT2D eigenvalue weighted by molar-refractivity contribution is 7.91. The van der Waals surface area contributed by atoms with Gasteiger partial charge in [-0.1, -0.05) is 17.7 Å². The molecule has 0 unspecified atom stereocenters. The second-order valence-electron chi connectivity index (χ2n) is 13.1. The Balaban J connectivity index is 1.22. The van der Waals surface area contributed by atoms with Gasteiger partial charge in [-0.25, -0.2) is 34.4 Å². The number of ether oxygens (including phenoxy) is 3. The van der Waals surface area contributed by atoms with Crippen molar-refractivity contribution in [3.05, 3.63) is 160 Å². The minimum atomic E-state index is -4.66. The van der Waals surface area contributed by atoms with Gasteiger partial charge in [0, 0.05) is 11.8 Å². The molecule has 6 rings (SSSR count). The van der Waals surface area contributed by atoms with Gasteiger partial charge in [-0.2, -0.15) is 26.0 Å². The van der Waals surface area contributed by atoms with E-state index in [0.717, 1.165) is 73.0 Å². The van der Waals surface area contributed by atoms with Crippen molar-refractivity contribution in [1.82, 2.24) is 0 Å². The number of carbonyl (C=O) groups excluding carboxylic acids is 1. The SMILES string of the molecule is Cc1ccc(Oc2c(F)c(F)c(C(=O)c3c(F)c(F)c(Oc4ccc(S(=O)(=O)c5ccc(Oc6ccc(S(C)(=O)=O)cc6CS(=O)(=O)O)cc5)cc4)c(F)c3F)c(F)c2F)cc1. The van der Waals surface area contributed by atoms with Crippen LogP contribution in [-0.4, -0.2) is 41.8 Å². The summed E-state index contributed by atoms with van der Waals surface area (Å²) in [6.45, 7) is 1.64. The summed E-state index contributed by atoms with van der Waals surface area (Å²) in [5, 5.41) is 0. The van der Waals surface area contributed by atoms with Crippen molar-refractivity contribution >= 4 is 35.6 Å². The maximum absolute atomic E-state index is 15.2. The number of halogens is 8. The van der Waals surface area contributed by atoms with Gasteiger partial charge < -0.3 is 14.2 Å². The zero-order valence-corrected chi connectivity index (χ0v) is 33.6. The molecule has 1 N–H and O–H groups in total. The Kier molecular flexibility index (Phi) is 12.3. The fourth-order valence-corrected chi connectivity index (χ4v) is 8.15. The molecule has 0 aliphatic rings. The van der Waals surface area contributed by atoms with Gasteiger partial charge >= 0.3 is 0 Å². The minimum absolute atomic E-state index is 0.0661. The maximum atomic E-state index is 15.2. The van der Waals surface area contributed by atoms with E-state index in [1.54, 1.807) is 6.92 Å². The quantitative estimate of drug-likeness (QED) is 0.0507. The third-order valence-electron chi connectivity index (χ3n) is 8.66. The predicted molar refractivity (Wildman–Crippen MR) is 201 cm³/mol. The number of rotatable bonds is 13. The van der Waals surface area contributed by atoms with Crippen LogP contribution in [0.2, 0.25) is 0 Å². The monoisotopic (exact) mass is 928 g/mol. The van der Waals surface area contributed by atoms with E-state index in [1.165, 1.54) is 24.3 Å². The Labute approximate surface area is 346 Å². The van der Waals surface area contributed by atoms with Crippen LogP contribution in [0.25, 0.3) is 0 Å². The highest BCUT2D eigenvalue weighted by atomic mass is 32.2. The minimum Gasteiger partial charge on any atom is -0.457 e. The Morgan fingerprint density at radius 1 is 0.516 bits per heavy atom. The molecule has 0 aliphatic heterocycles. The van der Waals surface area contributed by atoms with Crippen LogP contribution in [0.5, 0.6) is 34.5 Å². The number of ketones is 1. The standard InChI is InChI=1S/C40H24F8O11S3/c1-19-3-5-22(6-4-19)58-39-34(45)30(41)28(31(42)35(39)46)38(49)29-32(43)36(47)40(37(48)33(29)44)59-23-9-13-25(14-10-23)62(55,56)24-11-7-21(8-12-24)57-27-16-15-26(60(2,50)51)17-20(27)18-61(52,53)54/h3-17H,18H2,1-2H3,(H,52,53,54). The fraction of sp³-hybridized carbons (Fsp3) is 0.0750. The molecule has 0 atom stereocenters. The first-order valence-corrected chi connectivity index (χ1v) is 22.0. The summed E-state index contributed by atoms with van der Waals surface area (Å²) >= 11 is 0. The summed E-state index contributed by atoms with van der Waals surface area (Å²) in [6.07, 6.45) is 0.865. The van der Waals surface area contributed by atoms with Crippen molar-refractivity contribution in [1.29, 1.82) is 0 Å². The summed E-state index contributed by atoms with van der Waals surface area (Å²) in [6, 6.07) is 16.0. The molecule has 0 saturated heterocycles. The van der Waals surface area contributed by atoms with Gasteiger partial charge in [0.25, 0.3) is 10.1 Å². The molecule has 0 fully saturated rings. The van der Waals surface area contributed by atoms with Crippen LogP contribution in [-0.2, 0) is 35.5 Å². The molecule has 0 amide bonds. The molecule has 62 heavy (non-hydrogen) atoms. The number of hydrogen-bond donors (Lipinski definition) is 1. The Morgan fingerprint density at radius 2 is 0.871 bits per heavy atom. The van der Waals surface area contributed by atoms with Crippen LogP contribution in [0.4, 0.5) is 35.1 Å². The number of sulfone groups is 2. The van der Waals surface area contributed by atoms with Crippen LogP contribution in [0, 0.1) is 53.5 Å². The lowest BCUT2D eigenvalue weighted by Gasteiger charge is -2.15. The second-order valence-corrected chi connectivity index (χ2v) is 18.5. The van der Waals surface area contributed by atoms with Crippen molar-refractivity contribution in [3.8, 4) is 34.5 Å². The molecule has 0 bridgehead atoms. The zero-order chi connectivity index (χ0) is 45.6. The van der Waals surface area contributed by atoms with E-state index in [1.807, 2.05) is 0 Å². The highest BCUT2D eigenvalue weighted by Crippen LogP contribution is 2.39. The lowest BCUT2D eigenvalue weighted by Crippen LogP contribution is -2.18. The fourth-order valence-electron chi connectivity index (χ4n) is 5.60. The number of hydrogen-bond acceptors (Lipinski definition) is 10. The molecule has 0 heterocycles. The van der Waals surface area contributed by atoms with E-state index in [4.69, 9.17) is 14.2 Å². The van der Waals surface area contributed by atoms with E-state index in [-0.39, 0.29) is 32.6 Å². The second kappa shape index (κ2) is 16.8. The van der Waals surface area contributed by atoms with Crippen LogP contribution in [0.1, 0.15) is 27.0 Å². The number of carbonyl (C=O) groups is 1. The van der Waals surface area contributed by atoms with Crippen LogP contribution in [0.3, 0.4) is 0 Å². The molecule has 324 valence electrons. The molecular formula is C40H24F8O11S3. The van der Waals surface area contributed by atoms with Crippen molar-refractivity contribution in [2.45, 2.75) is 27.4 Å². The molecule has 6 aromatic carbocycles. The molecule has 0 aliphatic carbocycles. The smallest absolute Gasteiger partial charge is 0.269 e.